The fourth-order valence-electron chi connectivity index (χ4n) is 3.14. The van der Waals surface area contributed by atoms with Gasteiger partial charge in [-0.1, -0.05) is 28.4 Å². The van der Waals surface area contributed by atoms with Crippen LogP contribution in [-0.4, -0.2) is 37.5 Å². The molecule has 0 fully saturated rings. The van der Waals surface area contributed by atoms with Gasteiger partial charge >= 0.3 is 12.1 Å². The SMILES string of the molecule is CCOC(=O)c1c(-c2c(Cl)cncc2Cl)noc1-c1cnn(-c2ccncc2)c1C(F)(F)F. The smallest absolute Gasteiger partial charge is 0.434 e. The van der Waals surface area contributed by atoms with Gasteiger partial charge in [-0.05, 0) is 19.1 Å². The molecular weight excluding hydrogens is 486 g/mol. The normalized spacial score (nSPS) is 11.6. The molecule has 8 nitrogen and oxygen atoms in total. The highest BCUT2D eigenvalue weighted by Gasteiger charge is 2.42. The Morgan fingerprint density at radius 3 is 2.39 bits per heavy atom. The molecule has 0 bridgehead atoms. The van der Waals surface area contributed by atoms with E-state index in [-0.39, 0.29) is 39.2 Å². The van der Waals surface area contributed by atoms with Crippen molar-refractivity contribution in [3.63, 3.8) is 0 Å². The minimum Gasteiger partial charge on any atom is -0.462 e. The lowest BCUT2D eigenvalue weighted by molar-refractivity contribution is -0.142. The van der Waals surface area contributed by atoms with Crippen molar-refractivity contribution >= 4 is 29.2 Å². The molecule has 0 aromatic carbocycles. The number of rotatable bonds is 5. The van der Waals surface area contributed by atoms with Crippen LogP contribution in [0.1, 0.15) is 23.0 Å². The van der Waals surface area contributed by atoms with Gasteiger partial charge in [0, 0.05) is 30.4 Å². The van der Waals surface area contributed by atoms with Crippen LogP contribution in [0.25, 0.3) is 28.3 Å². The zero-order valence-electron chi connectivity index (χ0n) is 16.6. The molecule has 4 heterocycles. The molecule has 0 unspecified atom stereocenters. The van der Waals surface area contributed by atoms with Crippen molar-refractivity contribution in [3.8, 4) is 28.3 Å². The van der Waals surface area contributed by atoms with Crippen LogP contribution in [0.5, 0.6) is 0 Å². The number of esters is 1. The standard InChI is InChI=1S/C20H12Cl2F3N5O3/c1-2-32-19(31)15-16(14-12(21)8-27-9-13(14)22)29-33-17(15)11-7-28-30(18(11)20(23,24)25)10-3-5-26-6-4-10/h3-9H,2H2,1H3. The summed E-state index contributed by atoms with van der Waals surface area (Å²) in [5, 5.41) is 7.69. The Balaban J connectivity index is 2.00. The number of hydrogen-bond acceptors (Lipinski definition) is 7. The molecule has 0 amide bonds. The number of aromatic nitrogens is 5. The summed E-state index contributed by atoms with van der Waals surface area (Å²) in [5.41, 5.74) is -2.13. The fourth-order valence-corrected chi connectivity index (χ4v) is 3.69. The monoisotopic (exact) mass is 497 g/mol. The summed E-state index contributed by atoms with van der Waals surface area (Å²) in [7, 11) is 0. The molecule has 170 valence electrons. The molecule has 33 heavy (non-hydrogen) atoms. The summed E-state index contributed by atoms with van der Waals surface area (Å²) >= 11 is 12.4. The Morgan fingerprint density at radius 2 is 1.79 bits per heavy atom. The van der Waals surface area contributed by atoms with Gasteiger partial charge in [0.25, 0.3) is 0 Å². The molecule has 0 aliphatic heterocycles. The summed E-state index contributed by atoms with van der Waals surface area (Å²) in [4.78, 5) is 20.4. The molecule has 0 N–H and O–H groups in total. The number of hydrogen-bond donors (Lipinski definition) is 0. The molecule has 4 aromatic rings. The number of carbonyl (C=O) groups excluding carboxylic acids is 1. The molecule has 4 aromatic heterocycles. The Kier molecular flexibility index (Phi) is 6.09. The quantitative estimate of drug-likeness (QED) is 0.336. The van der Waals surface area contributed by atoms with Crippen LogP contribution >= 0.6 is 23.2 Å². The molecule has 0 radical (unpaired) electrons. The van der Waals surface area contributed by atoms with Crippen molar-refractivity contribution in [1.82, 2.24) is 24.9 Å². The number of ether oxygens (including phenoxy) is 1. The predicted molar refractivity (Wildman–Crippen MR) is 111 cm³/mol. The third-order valence-corrected chi connectivity index (χ3v) is 5.02. The Morgan fingerprint density at radius 1 is 1.12 bits per heavy atom. The van der Waals surface area contributed by atoms with E-state index in [0.717, 1.165) is 6.20 Å². The van der Waals surface area contributed by atoms with Gasteiger partial charge in [-0.25, -0.2) is 9.48 Å². The van der Waals surface area contributed by atoms with Crippen LogP contribution in [0.4, 0.5) is 13.2 Å². The van der Waals surface area contributed by atoms with Gasteiger partial charge in [0.2, 0.25) is 0 Å². The first kappa shape index (κ1) is 22.7. The third kappa shape index (κ3) is 4.16. The molecule has 0 saturated heterocycles. The number of halogens is 5. The zero-order valence-corrected chi connectivity index (χ0v) is 18.1. The molecular formula is C20H12Cl2F3N5O3. The van der Waals surface area contributed by atoms with E-state index in [0.29, 0.717) is 4.68 Å². The van der Waals surface area contributed by atoms with Crippen molar-refractivity contribution in [2.75, 3.05) is 6.61 Å². The van der Waals surface area contributed by atoms with Crippen LogP contribution in [0, 0.1) is 0 Å². The fraction of sp³-hybridized carbons (Fsp3) is 0.150. The molecule has 0 aliphatic rings. The molecule has 4 rings (SSSR count). The maximum absolute atomic E-state index is 14.1. The predicted octanol–water partition coefficient (Wildman–Crippen LogP) is 5.49. The van der Waals surface area contributed by atoms with Gasteiger partial charge in [0.15, 0.2) is 11.5 Å². The van der Waals surface area contributed by atoms with Crippen LogP contribution in [0.3, 0.4) is 0 Å². The zero-order chi connectivity index (χ0) is 23.8. The highest BCUT2D eigenvalue weighted by molar-refractivity contribution is 6.39. The van der Waals surface area contributed by atoms with E-state index < -0.39 is 29.2 Å². The third-order valence-electron chi connectivity index (χ3n) is 4.45. The van der Waals surface area contributed by atoms with E-state index in [9.17, 15) is 18.0 Å². The lowest BCUT2D eigenvalue weighted by atomic mass is 10.0. The summed E-state index contributed by atoms with van der Waals surface area (Å²) in [6, 6.07) is 2.70. The van der Waals surface area contributed by atoms with Crippen LogP contribution in [0.2, 0.25) is 10.0 Å². The molecule has 0 spiro atoms. The van der Waals surface area contributed by atoms with Crippen molar-refractivity contribution in [1.29, 1.82) is 0 Å². The Labute approximate surface area is 193 Å². The van der Waals surface area contributed by atoms with Crippen LogP contribution < -0.4 is 0 Å². The van der Waals surface area contributed by atoms with E-state index in [1.807, 2.05) is 0 Å². The van der Waals surface area contributed by atoms with Gasteiger partial charge in [-0.15, -0.1) is 0 Å². The first-order valence-corrected chi connectivity index (χ1v) is 10.0. The van der Waals surface area contributed by atoms with Gasteiger partial charge in [-0.3, -0.25) is 9.97 Å². The van der Waals surface area contributed by atoms with Gasteiger partial charge in [0.1, 0.15) is 11.3 Å². The lowest BCUT2D eigenvalue weighted by Gasteiger charge is -2.12. The van der Waals surface area contributed by atoms with Crippen molar-refractivity contribution in [2.45, 2.75) is 13.1 Å². The summed E-state index contributed by atoms with van der Waals surface area (Å²) in [5.74, 6) is -1.47. The van der Waals surface area contributed by atoms with E-state index in [1.54, 1.807) is 6.92 Å². The first-order valence-electron chi connectivity index (χ1n) is 9.26. The maximum atomic E-state index is 14.1. The second kappa shape index (κ2) is 8.83. The van der Waals surface area contributed by atoms with Gasteiger partial charge in [-0.2, -0.15) is 18.3 Å². The number of pyridine rings is 2. The van der Waals surface area contributed by atoms with Crippen molar-refractivity contribution in [2.24, 2.45) is 0 Å². The average Bonchev–Trinajstić information content (AvgIpc) is 3.39. The highest BCUT2D eigenvalue weighted by atomic mass is 35.5. The van der Waals surface area contributed by atoms with E-state index in [2.05, 4.69) is 20.2 Å². The number of alkyl halides is 3. The number of nitrogens with zero attached hydrogens (tertiary/aromatic N) is 5. The summed E-state index contributed by atoms with van der Waals surface area (Å²) < 4.78 is 53.4. The maximum Gasteiger partial charge on any atom is 0.434 e. The Bertz CT molecular complexity index is 1300. The van der Waals surface area contributed by atoms with Gasteiger partial charge < -0.3 is 9.26 Å². The van der Waals surface area contributed by atoms with Crippen molar-refractivity contribution < 1.29 is 27.2 Å². The molecule has 0 atom stereocenters. The lowest BCUT2D eigenvalue weighted by Crippen LogP contribution is -2.15. The van der Waals surface area contributed by atoms with E-state index >= 15 is 0 Å². The van der Waals surface area contributed by atoms with Crippen molar-refractivity contribution in [3.05, 3.63) is 64.4 Å². The second-order valence-electron chi connectivity index (χ2n) is 6.46. The topological polar surface area (TPSA) is 95.9 Å². The largest absolute Gasteiger partial charge is 0.462 e. The second-order valence-corrected chi connectivity index (χ2v) is 7.27. The first-order chi connectivity index (χ1) is 15.7. The van der Waals surface area contributed by atoms with E-state index in [4.69, 9.17) is 32.5 Å². The van der Waals surface area contributed by atoms with Gasteiger partial charge in [0.05, 0.1) is 34.1 Å². The minimum atomic E-state index is -4.88. The average molecular weight is 498 g/mol. The van der Waals surface area contributed by atoms with Crippen LogP contribution in [0.15, 0.2) is 47.6 Å². The molecule has 0 saturated carbocycles. The van der Waals surface area contributed by atoms with Crippen LogP contribution in [-0.2, 0) is 10.9 Å². The summed E-state index contributed by atoms with van der Waals surface area (Å²) in [6.07, 6.45) is 1.18. The Hall–Kier alpha value is -3.44. The molecule has 0 aliphatic carbocycles. The number of carbonyl (C=O) groups is 1. The van der Waals surface area contributed by atoms with E-state index in [1.165, 1.54) is 36.9 Å². The summed E-state index contributed by atoms with van der Waals surface area (Å²) in [6.45, 7) is 1.49. The minimum absolute atomic E-state index is 0.0106. The molecule has 13 heteroatoms. The highest BCUT2D eigenvalue weighted by Crippen LogP contribution is 2.43.